The Morgan fingerprint density at radius 2 is 1.77 bits per heavy atom. The van der Waals surface area contributed by atoms with Crippen LogP contribution in [0.4, 0.5) is 0 Å². The first-order valence-electron chi connectivity index (χ1n) is 7.01. The fourth-order valence-electron chi connectivity index (χ4n) is 2.01. The molecule has 0 bridgehead atoms. The van der Waals surface area contributed by atoms with Crippen molar-refractivity contribution in [1.29, 1.82) is 0 Å². The number of methoxy groups -OCH3 is 1. The molecule has 5 heteroatoms. The number of hydrogen-bond donors (Lipinski definition) is 2. The number of rotatable bonds is 5. The highest BCUT2D eigenvalue weighted by atomic mass is 79.9. The lowest BCUT2D eigenvalue weighted by atomic mass is 10.1. The smallest absolute Gasteiger partial charge is 0.167 e. The molecule has 2 rings (SSSR count). The Hall–Kier alpha value is -1.59. The number of benzene rings is 2. The average Bonchev–Trinajstić information content (AvgIpc) is 2.54. The van der Waals surface area contributed by atoms with E-state index in [1.807, 2.05) is 36.4 Å². The molecule has 1 atom stereocenters. The van der Waals surface area contributed by atoms with Gasteiger partial charge < -0.3 is 15.4 Å². The summed E-state index contributed by atoms with van der Waals surface area (Å²) in [5.74, 6) is 0.855. The molecule has 22 heavy (non-hydrogen) atoms. The van der Waals surface area contributed by atoms with Gasteiger partial charge in [0.1, 0.15) is 5.75 Å². The number of hydrogen-bond acceptors (Lipinski definition) is 2. The van der Waals surface area contributed by atoms with Crippen molar-refractivity contribution < 1.29 is 4.74 Å². The van der Waals surface area contributed by atoms with Crippen molar-refractivity contribution in [2.75, 3.05) is 7.11 Å². The van der Waals surface area contributed by atoms with Crippen molar-refractivity contribution in [1.82, 2.24) is 10.6 Å². The van der Waals surface area contributed by atoms with E-state index in [9.17, 15) is 0 Å². The van der Waals surface area contributed by atoms with Crippen molar-refractivity contribution in [2.24, 2.45) is 0 Å². The fraction of sp³-hybridized carbons (Fsp3) is 0.235. The van der Waals surface area contributed by atoms with Crippen molar-refractivity contribution in [2.45, 2.75) is 19.5 Å². The van der Waals surface area contributed by atoms with Gasteiger partial charge in [0, 0.05) is 11.0 Å². The van der Waals surface area contributed by atoms with Gasteiger partial charge in [-0.2, -0.15) is 0 Å². The predicted octanol–water partition coefficient (Wildman–Crippen LogP) is 4.18. The van der Waals surface area contributed by atoms with E-state index in [-0.39, 0.29) is 6.04 Å². The van der Waals surface area contributed by atoms with Crippen molar-refractivity contribution in [3.05, 3.63) is 64.1 Å². The molecule has 0 heterocycles. The lowest BCUT2D eigenvalue weighted by Gasteiger charge is -2.17. The summed E-state index contributed by atoms with van der Waals surface area (Å²) >= 11 is 8.79. The summed E-state index contributed by atoms with van der Waals surface area (Å²) in [6.45, 7) is 2.77. The first-order valence-corrected chi connectivity index (χ1v) is 8.21. The van der Waals surface area contributed by atoms with Crippen LogP contribution in [-0.2, 0) is 6.54 Å². The molecule has 0 saturated carbocycles. The molecular formula is C17H19BrN2OS. The zero-order chi connectivity index (χ0) is 15.9. The second-order valence-corrected chi connectivity index (χ2v) is 6.27. The van der Waals surface area contributed by atoms with E-state index in [2.05, 4.69) is 45.6 Å². The lowest BCUT2D eigenvalue weighted by molar-refractivity contribution is 0.414. The molecule has 3 nitrogen and oxygen atoms in total. The second kappa shape index (κ2) is 8.15. The number of nitrogens with one attached hydrogen (secondary N) is 2. The second-order valence-electron chi connectivity index (χ2n) is 4.95. The monoisotopic (exact) mass is 378 g/mol. The van der Waals surface area contributed by atoms with Crippen LogP contribution in [0.5, 0.6) is 5.75 Å². The van der Waals surface area contributed by atoms with Crippen LogP contribution in [0.1, 0.15) is 24.1 Å². The number of ether oxygens (including phenoxy) is 1. The van der Waals surface area contributed by atoms with Crippen LogP contribution in [0.15, 0.2) is 53.0 Å². The maximum atomic E-state index is 5.35. The van der Waals surface area contributed by atoms with Gasteiger partial charge in [0.15, 0.2) is 5.11 Å². The summed E-state index contributed by atoms with van der Waals surface area (Å²) in [5, 5.41) is 7.15. The highest BCUT2D eigenvalue weighted by molar-refractivity contribution is 9.10. The number of thiocarbonyl (C=S) groups is 1. The lowest BCUT2D eigenvalue weighted by Crippen LogP contribution is -2.36. The van der Waals surface area contributed by atoms with Crippen LogP contribution in [0, 0.1) is 0 Å². The Kier molecular flexibility index (Phi) is 6.21. The Bertz CT molecular complexity index is 614. The largest absolute Gasteiger partial charge is 0.497 e. The zero-order valence-corrected chi connectivity index (χ0v) is 15.0. The van der Waals surface area contributed by atoms with Gasteiger partial charge in [-0.3, -0.25) is 0 Å². The van der Waals surface area contributed by atoms with Crippen LogP contribution >= 0.6 is 28.1 Å². The van der Waals surface area contributed by atoms with Crippen LogP contribution in [0.2, 0.25) is 0 Å². The van der Waals surface area contributed by atoms with Crippen molar-refractivity contribution >= 4 is 33.3 Å². The van der Waals surface area contributed by atoms with Crippen LogP contribution < -0.4 is 15.4 Å². The van der Waals surface area contributed by atoms with Crippen LogP contribution in [-0.4, -0.2) is 12.2 Å². The van der Waals surface area contributed by atoms with E-state index in [4.69, 9.17) is 17.0 Å². The molecule has 0 aliphatic carbocycles. The van der Waals surface area contributed by atoms with Gasteiger partial charge in [-0.1, -0.05) is 40.2 Å². The molecule has 0 amide bonds. The molecule has 2 N–H and O–H groups in total. The highest BCUT2D eigenvalue weighted by Crippen LogP contribution is 2.16. The van der Waals surface area contributed by atoms with E-state index in [0.29, 0.717) is 11.7 Å². The van der Waals surface area contributed by atoms with E-state index in [1.54, 1.807) is 7.11 Å². The first kappa shape index (κ1) is 16.8. The third-order valence-electron chi connectivity index (χ3n) is 3.33. The third kappa shape index (κ3) is 5.00. The molecule has 0 radical (unpaired) electrons. The first-order chi connectivity index (χ1) is 10.6. The van der Waals surface area contributed by atoms with Gasteiger partial charge in [0.2, 0.25) is 0 Å². The zero-order valence-electron chi connectivity index (χ0n) is 12.6. The van der Waals surface area contributed by atoms with E-state index in [0.717, 1.165) is 15.8 Å². The molecule has 0 aliphatic heterocycles. The van der Waals surface area contributed by atoms with Gasteiger partial charge in [-0.15, -0.1) is 0 Å². The molecule has 116 valence electrons. The van der Waals surface area contributed by atoms with E-state index in [1.165, 1.54) is 5.56 Å². The number of halogens is 1. The summed E-state index contributed by atoms with van der Waals surface area (Å²) in [4.78, 5) is 0. The van der Waals surface area contributed by atoms with Crippen LogP contribution in [0.25, 0.3) is 0 Å². The Balaban J connectivity index is 1.83. The van der Waals surface area contributed by atoms with Crippen LogP contribution in [0.3, 0.4) is 0 Å². The summed E-state index contributed by atoms with van der Waals surface area (Å²) in [6, 6.07) is 16.3. The van der Waals surface area contributed by atoms with Gasteiger partial charge in [0.05, 0.1) is 13.2 Å². The molecule has 0 spiro atoms. The summed E-state index contributed by atoms with van der Waals surface area (Å²) in [6.07, 6.45) is 0. The van der Waals surface area contributed by atoms with Gasteiger partial charge in [-0.05, 0) is 54.5 Å². The Morgan fingerprint density at radius 1 is 1.14 bits per heavy atom. The molecule has 2 aromatic rings. The molecular weight excluding hydrogens is 360 g/mol. The average molecular weight is 379 g/mol. The minimum Gasteiger partial charge on any atom is -0.497 e. The SMILES string of the molecule is COc1ccc(CNC(=S)N[C@H](C)c2ccc(Br)cc2)cc1. The minimum atomic E-state index is 0.156. The molecule has 0 unspecified atom stereocenters. The van der Waals surface area contributed by atoms with E-state index >= 15 is 0 Å². The maximum absolute atomic E-state index is 5.35. The third-order valence-corrected chi connectivity index (χ3v) is 4.12. The summed E-state index contributed by atoms with van der Waals surface area (Å²) in [7, 11) is 1.66. The molecule has 0 fully saturated rings. The highest BCUT2D eigenvalue weighted by Gasteiger charge is 2.06. The van der Waals surface area contributed by atoms with Gasteiger partial charge in [0.25, 0.3) is 0 Å². The Morgan fingerprint density at radius 3 is 2.36 bits per heavy atom. The van der Waals surface area contributed by atoms with Gasteiger partial charge >= 0.3 is 0 Å². The summed E-state index contributed by atoms with van der Waals surface area (Å²) < 4.78 is 6.22. The molecule has 2 aromatic carbocycles. The minimum absolute atomic E-state index is 0.156. The molecule has 0 saturated heterocycles. The normalized spacial score (nSPS) is 11.6. The van der Waals surface area contributed by atoms with E-state index < -0.39 is 0 Å². The Labute approximate surface area is 145 Å². The standard InChI is InChI=1S/C17H19BrN2OS/c1-12(14-5-7-15(18)8-6-14)20-17(22)19-11-13-3-9-16(21-2)10-4-13/h3-10,12H,11H2,1-2H3,(H2,19,20,22)/t12-/m1/s1. The topological polar surface area (TPSA) is 33.3 Å². The molecule has 0 aromatic heterocycles. The van der Waals surface area contributed by atoms with Crippen molar-refractivity contribution in [3.8, 4) is 5.75 Å². The fourth-order valence-corrected chi connectivity index (χ4v) is 2.52. The summed E-state index contributed by atoms with van der Waals surface area (Å²) in [5.41, 5.74) is 2.35. The van der Waals surface area contributed by atoms with Gasteiger partial charge in [-0.25, -0.2) is 0 Å². The predicted molar refractivity (Wildman–Crippen MR) is 98.1 cm³/mol. The molecule has 0 aliphatic rings. The maximum Gasteiger partial charge on any atom is 0.167 e. The van der Waals surface area contributed by atoms with Crippen molar-refractivity contribution in [3.63, 3.8) is 0 Å². The quantitative estimate of drug-likeness (QED) is 0.764.